The van der Waals surface area contributed by atoms with Crippen LogP contribution in [0.4, 0.5) is 5.82 Å². The molecule has 1 heterocycles. The minimum absolute atomic E-state index is 0.330. The Morgan fingerprint density at radius 3 is 2.38 bits per heavy atom. The van der Waals surface area contributed by atoms with E-state index in [1.165, 1.54) is 5.56 Å². The van der Waals surface area contributed by atoms with Crippen LogP contribution in [0.5, 0.6) is 0 Å². The van der Waals surface area contributed by atoms with E-state index in [0.29, 0.717) is 23.2 Å². The van der Waals surface area contributed by atoms with Crippen LogP contribution >= 0.6 is 11.6 Å². The molecule has 21 heavy (non-hydrogen) atoms. The van der Waals surface area contributed by atoms with Gasteiger partial charge in [0.1, 0.15) is 17.5 Å². The molecule has 1 aromatic heterocycles. The molecule has 0 saturated heterocycles. The van der Waals surface area contributed by atoms with Gasteiger partial charge in [0, 0.05) is 10.9 Å². The van der Waals surface area contributed by atoms with Crippen LogP contribution in [0, 0.1) is 11.3 Å². The molecule has 108 valence electrons. The van der Waals surface area contributed by atoms with Crippen molar-refractivity contribution in [2.45, 2.75) is 37.5 Å². The van der Waals surface area contributed by atoms with Crippen molar-refractivity contribution in [3.05, 3.63) is 46.1 Å². The molecule has 0 aliphatic heterocycles. The minimum Gasteiger partial charge on any atom is -0.383 e. The molecule has 4 nitrogen and oxygen atoms in total. The molecule has 5 heteroatoms. The van der Waals surface area contributed by atoms with Gasteiger partial charge < -0.3 is 5.73 Å². The number of nitrogen functional groups attached to an aromatic ring is 1. The van der Waals surface area contributed by atoms with E-state index in [1.807, 2.05) is 12.1 Å². The third-order valence-corrected chi connectivity index (χ3v) is 4.64. The number of rotatable bonds is 2. The van der Waals surface area contributed by atoms with E-state index in [1.54, 1.807) is 0 Å². The topological polar surface area (TPSA) is 78.5 Å². The molecule has 1 fully saturated rings. The molecule has 2 aromatic rings. The average molecular weight is 301 g/mol. The Morgan fingerprint density at radius 1 is 1.14 bits per heavy atom. The first kappa shape index (κ1) is 14.0. The number of hydrogen-bond donors (Lipinski definition) is 2. The minimum atomic E-state index is 0.330. The fourth-order valence-corrected chi connectivity index (χ4v) is 3.34. The zero-order valence-electron chi connectivity index (χ0n) is 11.6. The summed E-state index contributed by atoms with van der Waals surface area (Å²) in [4.78, 5) is 0. The lowest BCUT2D eigenvalue weighted by Crippen LogP contribution is -2.13. The van der Waals surface area contributed by atoms with Gasteiger partial charge in [-0.15, -0.1) is 0 Å². The molecule has 1 aliphatic rings. The lowest BCUT2D eigenvalue weighted by Gasteiger charge is -2.28. The molecule has 0 atom stereocenters. The largest absolute Gasteiger partial charge is 0.383 e. The molecule has 1 aromatic carbocycles. The van der Waals surface area contributed by atoms with Crippen molar-refractivity contribution in [3.63, 3.8) is 0 Å². The number of nitrogens with two attached hydrogens (primary N) is 1. The summed E-state index contributed by atoms with van der Waals surface area (Å²) < 4.78 is 0. The van der Waals surface area contributed by atoms with E-state index in [0.717, 1.165) is 36.4 Å². The number of anilines is 1. The number of hydrogen-bond acceptors (Lipinski definition) is 3. The van der Waals surface area contributed by atoms with Crippen molar-refractivity contribution in [2.75, 3.05) is 5.73 Å². The van der Waals surface area contributed by atoms with E-state index < -0.39 is 0 Å². The lowest BCUT2D eigenvalue weighted by molar-refractivity contribution is 0.390. The molecule has 0 unspecified atom stereocenters. The van der Waals surface area contributed by atoms with E-state index in [-0.39, 0.29) is 0 Å². The maximum atomic E-state index is 9.17. The molecule has 3 rings (SSSR count). The summed E-state index contributed by atoms with van der Waals surface area (Å²) in [5.41, 5.74) is 8.44. The van der Waals surface area contributed by atoms with Gasteiger partial charge in [-0.05, 0) is 49.3 Å². The van der Waals surface area contributed by atoms with Crippen LogP contribution in [0.1, 0.15) is 54.3 Å². The Labute approximate surface area is 128 Å². The molecule has 1 saturated carbocycles. The zero-order valence-corrected chi connectivity index (χ0v) is 12.4. The second-order valence-corrected chi connectivity index (χ2v) is 6.05. The van der Waals surface area contributed by atoms with Crippen molar-refractivity contribution < 1.29 is 0 Å². The predicted molar refractivity (Wildman–Crippen MR) is 83.1 cm³/mol. The van der Waals surface area contributed by atoms with Crippen molar-refractivity contribution >= 4 is 17.4 Å². The maximum absolute atomic E-state index is 9.17. The van der Waals surface area contributed by atoms with Crippen LogP contribution < -0.4 is 5.73 Å². The first-order valence-electron chi connectivity index (χ1n) is 7.18. The van der Waals surface area contributed by atoms with Gasteiger partial charge in [-0.3, -0.25) is 5.10 Å². The zero-order chi connectivity index (χ0) is 14.8. The number of nitrogens with one attached hydrogen (secondary N) is 1. The summed E-state index contributed by atoms with van der Waals surface area (Å²) in [6, 6.07) is 10.3. The average Bonchev–Trinajstić information content (AvgIpc) is 2.89. The highest BCUT2D eigenvalue weighted by Crippen LogP contribution is 2.41. The van der Waals surface area contributed by atoms with Crippen LogP contribution in [0.25, 0.3) is 0 Å². The predicted octanol–water partition coefficient (Wildman–Crippen LogP) is 3.96. The van der Waals surface area contributed by atoms with Crippen LogP contribution in [0.15, 0.2) is 24.3 Å². The SMILES string of the molecule is N#Cc1c(C2CCC(c3ccc(Cl)cc3)CC2)n[nH]c1N. The van der Waals surface area contributed by atoms with E-state index >= 15 is 0 Å². The first-order chi connectivity index (χ1) is 10.2. The molecule has 0 bridgehead atoms. The van der Waals surface area contributed by atoms with Crippen LogP contribution in [-0.2, 0) is 0 Å². The van der Waals surface area contributed by atoms with Crippen molar-refractivity contribution in [3.8, 4) is 6.07 Å². The second kappa shape index (κ2) is 5.79. The summed E-state index contributed by atoms with van der Waals surface area (Å²) >= 11 is 5.94. The highest BCUT2D eigenvalue weighted by Gasteiger charge is 2.27. The Morgan fingerprint density at radius 2 is 1.76 bits per heavy atom. The Kier molecular flexibility index (Phi) is 3.85. The summed E-state index contributed by atoms with van der Waals surface area (Å²) in [6.45, 7) is 0. The highest BCUT2D eigenvalue weighted by molar-refractivity contribution is 6.30. The van der Waals surface area contributed by atoms with Gasteiger partial charge in [-0.1, -0.05) is 23.7 Å². The Bertz CT molecular complexity index is 661. The smallest absolute Gasteiger partial charge is 0.137 e. The fourth-order valence-electron chi connectivity index (χ4n) is 3.22. The molecule has 1 aliphatic carbocycles. The monoisotopic (exact) mass is 300 g/mol. The van der Waals surface area contributed by atoms with Gasteiger partial charge in [0.05, 0.1) is 5.69 Å². The van der Waals surface area contributed by atoms with Gasteiger partial charge >= 0.3 is 0 Å². The lowest BCUT2D eigenvalue weighted by atomic mass is 9.77. The van der Waals surface area contributed by atoms with Crippen LogP contribution in [-0.4, -0.2) is 10.2 Å². The van der Waals surface area contributed by atoms with Gasteiger partial charge in [-0.2, -0.15) is 10.4 Å². The highest BCUT2D eigenvalue weighted by atomic mass is 35.5. The molecular weight excluding hydrogens is 284 g/mol. The number of aromatic nitrogens is 2. The van der Waals surface area contributed by atoms with Crippen LogP contribution in [0.2, 0.25) is 5.02 Å². The van der Waals surface area contributed by atoms with Crippen molar-refractivity contribution in [2.24, 2.45) is 0 Å². The fraction of sp³-hybridized carbons (Fsp3) is 0.375. The first-order valence-corrected chi connectivity index (χ1v) is 7.56. The number of halogens is 1. The Hall–Kier alpha value is -1.99. The van der Waals surface area contributed by atoms with Crippen LogP contribution in [0.3, 0.4) is 0 Å². The van der Waals surface area contributed by atoms with Gasteiger partial charge in [0.15, 0.2) is 0 Å². The third-order valence-electron chi connectivity index (χ3n) is 4.39. The van der Waals surface area contributed by atoms with E-state index in [2.05, 4.69) is 28.4 Å². The number of H-pyrrole nitrogens is 1. The van der Waals surface area contributed by atoms with Gasteiger partial charge in [0.2, 0.25) is 0 Å². The summed E-state index contributed by atoms with van der Waals surface area (Å²) in [6.07, 6.45) is 4.27. The summed E-state index contributed by atoms with van der Waals surface area (Å²) in [5.74, 6) is 1.28. The number of benzene rings is 1. The third kappa shape index (κ3) is 2.74. The van der Waals surface area contributed by atoms with Crippen molar-refractivity contribution in [1.29, 1.82) is 5.26 Å². The van der Waals surface area contributed by atoms with Gasteiger partial charge in [0.25, 0.3) is 0 Å². The second-order valence-electron chi connectivity index (χ2n) is 5.61. The normalized spacial score (nSPS) is 21.9. The van der Waals surface area contributed by atoms with Gasteiger partial charge in [-0.25, -0.2) is 0 Å². The maximum Gasteiger partial charge on any atom is 0.137 e. The summed E-state index contributed by atoms with van der Waals surface area (Å²) in [5, 5.41) is 16.9. The van der Waals surface area contributed by atoms with E-state index in [4.69, 9.17) is 17.3 Å². The molecule has 0 spiro atoms. The number of aromatic amines is 1. The quantitative estimate of drug-likeness (QED) is 0.881. The Balaban J connectivity index is 1.70. The molecule has 0 radical (unpaired) electrons. The standard InChI is InChI=1S/C16H17ClN4/c17-13-7-5-11(6-8-13)10-1-3-12(4-2-10)15-14(9-18)16(19)21-20-15/h5-8,10,12H,1-4H2,(H3,19,20,21). The van der Waals surface area contributed by atoms with E-state index in [9.17, 15) is 5.26 Å². The molecule has 0 amide bonds. The molecule has 3 N–H and O–H groups in total. The number of nitriles is 1. The number of nitrogens with zero attached hydrogens (tertiary/aromatic N) is 2. The van der Waals surface area contributed by atoms with Crippen molar-refractivity contribution in [1.82, 2.24) is 10.2 Å². The summed E-state index contributed by atoms with van der Waals surface area (Å²) in [7, 11) is 0. The molecular formula is C16H17ClN4.